The van der Waals surface area contributed by atoms with Gasteiger partial charge >= 0.3 is 12.4 Å². The summed E-state index contributed by atoms with van der Waals surface area (Å²) in [6, 6.07) is 2.75. The fourth-order valence-corrected chi connectivity index (χ4v) is 2.89. The van der Waals surface area contributed by atoms with E-state index in [-0.39, 0.29) is 16.8 Å². The minimum Gasteiger partial charge on any atom is -0.384 e. The highest BCUT2D eigenvalue weighted by Crippen LogP contribution is 2.50. The van der Waals surface area contributed by atoms with Crippen LogP contribution in [0.4, 0.5) is 32.2 Å². The number of imide groups is 1. The van der Waals surface area contributed by atoms with E-state index >= 15 is 0 Å². The molecule has 1 aromatic carbocycles. The van der Waals surface area contributed by atoms with Gasteiger partial charge in [-0.1, -0.05) is 12.1 Å². The number of nitrogens with one attached hydrogen (secondary N) is 1. The highest BCUT2D eigenvalue weighted by atomic mass is 19.4. The van der Waals surface area contributed by atoms with Gasteiger partial charge in [-0.15, -0.1) is 0 Å². The fraction of sp³-hybridized carbons (Fsp3) is 0.188. The fourth-order valence-electron chi connectivity index (χ4n) is 2.89. The van der Waals surface area contributed by atoms with Gasteiger partial charge in [0.05, 0.1) is 16.8 Å². The predicted molar refractivity (Wildman–Crippen MR) is 84.3 cm³/mol. The van der Waals surface area contributed by atoms with E-state index < -0.39 is 46.7 Å². The molecular weight excluding hydrogens is 412 g/mol. The lowest BCUT2D eigenvalue weighted by Crippen LogP contribution is -2.53. The van der Waals surface area contributed by atoms with Gasteiger partial charge in [0.15, 0.2) is 0 Å². The molecule has 0 fully saturated rings. The number of pyridine rings is 1. The molecule has 29 heavy (non-hydrogen) atoms. The molecule has 1 aliphatic rings. The number of aliphatic hydroxyl groups is 1. The molecule has 0 unspecified atom stereocenters. The van der Waals surface area contributed by atoms with Crippen LogP contribution in [-0.4, -0.2) is 33.8 Å². The lowest BCUT2D eigenvalue weighted by molar-refractivity contribution is -0.376. The van der Waals surface area contributed by atoms with E-state index in [0.29, 0.717) is 28.8 Å². The molecule has 0 saturated carbocycles. The minimum atomic E-state index is -6.07. The molecule has 154 valence electrons. The molecule has 0 atom stereocenters. The second-order valence-corrected chi connectivity index (χ2v) is 6.03. The number of alkyl halides is 6. The van der Waals surface area contributed by atoms with Crippen molar-refractivity contribution in [1.82, 2.24) is 9.88 Å². The molecule has 13 heteroatoms. The van der Waals surface area contributed by atoms with Crippen LogP contribution in [0.5, 0.6) is 0 Å². The molecule has 2 heterocycles. The van der Waals surface area contributed by atoms with Gasteiger partial charge in [0.2, 0.25) is 0 Å². The maximum atomic E-state index is 12.9. The molecule has 1 aliphatic heterocycles. The monoisotopic (exact) mass is 421 g/mol. The number of hydrogen-bond acceptors (Lipinski definition) is 5. The van der Waals surface area contributed by atoms with Gasteiger partial charge in [0, 0.05) is 11.6 Å². The average Bonchev–Trinajstić information content (AvgIpc) is 2.86. The molecule has 4 N–H and O–H groups in total. The number of rotatable bonds is 2. The van der Waals surface area contributed by atoms with Gasteiger partial charge in [0.1, 0.15) is 5.82 Å². The Kier molecular flexibility index (Phi) is 4.27. The van der Waals surface area contributed by atoms with Crippen molar-refractivity contribution in [1.29, 1.82) is 0 Å². The third kappa shape index (κ3) is 2.85. The molecule has 0 radical (unpaired) electrons. The van der Waals surface area contributed by atoms with Crippen molar-refractivity contribution in [3.8, 4) is 5.69 Å². The van der Waals surface area contributed by atoms with Crippen molar-refractivity contribution < 1.29 is 41.0 Å². The lowest BCUT2D eigenvalue weighted by atomic mass is 9.92. The van der Waals surface area contributed by atoms with Gasteiger partial charge < -0.3 is 10.8 Å². The number of anilines is 1. The maximum Gasteiger partial charge on any atom is 0.430 e. The van der Waals surface area contributed by atoms with E-state index in [1.807, 2.05) is 5.32 Å². The summed E-state index contributed by atoms with van der Waals surface area (Å²) in [6.45, 7) is 0. The predicted octanol–water partition coefficient (Wildman–Crippen LogP) is 1.62. The van der Waals surface area contributed by atoms with E-state index in [4.69, 9.17) is 5.73 Å². The van der Waals surface area contributed by atoms with Crippen LogP contribution in [-0.2, 0) is 5.60 Å². The van der Waals surface area contributed by atoms with Crippen LogP contribution in [0, 0.1) is 0 Å². The summed E-state index contributed by atoms with van der Waals surface area (Å²) < 4.78 is 78.3. The topological polar surface area (TPSA) is 114 Å². The van der Waals surface area contributed by atoms with Crippen LogP contribution in [0.3, 0.4) is 0 Å². The van der Waals surface area contributed by atoms with Crippen LogP contribution >= 0.6 is 0 Å². The zero-order chi connectivity index (χ0) is 21.9. The smallest absolute Gasteiger partial charge is 0.384 e. The highest BCUT2D eigenvalue weighted by molar-refractivity contribution is 6.23. The number of carbonyl (C=O) groups excluding carboxylic acids is 2. The summed E-state index contributed by atoms with van der Waals surface area (Å²) in [5, 5.41) is 11.3. The summed E-state index contributed by atoms with van der Waals surface area (Å²) in [6.07, 6.45) is -12.1. The molecule has 0 spiro atoms. The molecule has 1 aromatic heterocycles. The Morgan fingerprint density at radius 2 is 1.41 bits per heavy atom. The van der Waals surface area contributed by atoms with Crippen molar-refractivity contribution >= 4 is 17.6 Å². The van der Waals surface area contributed by atoms with Gasteiger partial charge in [-0.05, 0) is 12.1 Å². The number of carbonyl (C=O) groups is 2. The van der Waals surface area contributed by atoms with E-state index in [9.17, 15) is 45.8 Å². The molecule has 7 nitrogen and oxygen atoms in total. The number of benzene rings is 1. The number of halogens is 6. The number of nitrogens with zero attached hydrogens (tertiary/aromatic N) is 1. The standard InChI is InChI=1S/C16H9F6N3O4/c17-15(18,19)14(29,16(20,21)22)6-1-3-7(4-2-6)25-9(26)5-8-10(11(25)23)13(28)24-12(8)27/h1-5,29H,23H2,(H,24,27,28). The van der Waals surface area contributed by atoms with E-state index in [1.165, 1.54) is 0 Å². The maximum absolute atomic E-state index is 12.9. The Labute approximate surface area is 156 Å². The Morgan fingerprint density at radius 1 is 0.897 bits per heavy atom. The van der Waals surface area contributed by atoms with Gasteiger partial charge in [-0.2, -0.15) is 26.3 Å². The third-order valence-corrected chi connectivity index (χ3v) is 4.32. The normalized spacial score (nSPS) is 14.7. The number of nitrogens with two attached hydrogens (primary N) is 1. The van der Waals surface area contributed by atoms with Gasteiger partial charge in [0.25, 0.3) is 23.0 Å². The first-order chi connectivity index (χ1) is 13.2. The Bertz CT molecular complexity index is 1070. The summed E-state index contributed by atoms with van der Waals surface area (Å²) in [5.74, 6) is -2.33. The van der Waals surface area contributed by atoms with Crippen LogP contribution in [0.1, 0.15) is 26.3 Å². The summed E-state index contributed by atoms with van der Waals surface area (Å²) in [5.41, 5.74) is -2.88. The first kappa shape index (κ1) is 20.4. The summed E-state index contributed by atoms with van der Waals surface area (Å²) in [4.78, 5) is 35.6. The molecule has 0 saturated heterocycles. The first-order valence-electron chi connectivity index (χ1n) is 7.58. The van der Waals surface area contributed by atoms with E-state index in [2.05, 4.69) is 0 Å². The van der Waals surface area contributed by atoms with Gasteiger partial charge in [-0.25, -0.2) is 0 Å². The van der Waals surface area contributed by atoms with Crippen LogP contribution < -0.4 is 16.6 Å². The Morgan fingerprint density at radius 3 is 1.90 bits per heavy atom. The summed E-state index contributed by atoms with van der Waals surface area (Å²) in [7, 11) is 0. The van der Waals surface area contributed by atoms with Crippen molar-refractivity contribution in [2.75, 3.05) is 5.73 Å². The van der Waals surface area contributed by atoms with Crippen molar-refractivity contribution in [2.45, 2.75) is 18.0 Å². The molecule has 0 bridgehead atoms. The van der Waals surface area contributed by atoms with E-state index in [0.717, 1.165) is 6.07 Å². The Hall–Kier alpha value is -3.35. The highest BCUT2D eigenvalue weighted by Gasteiger charge is 2.71. The first-order valence-corrected chi connectivity index (χ1v) is 7.58. The number of fused-ring (bicyclic) bond motifs is 1. The van der Waals surface area contributed by atoms with E-state index in [1.54, 1.807) is 0 Å². The van der Waals surface area contributed by atoms with Crippen molar-refractivity contribution in [3.63, 3.8) is 0 Å². The van der Waals surface area contributed by atoms with Crippen LogP contribution in [0.25, 0.3) is 5.69 Å². The van der Waals surface area contributed by atoms with Crippen molar-refractivity contribution in [3.05, 3.63) is 57.4 Å². The third-order valence-electron chi connectivity index (χ3n) is 4.32. The molecular formula is C16H9F6N3O4. The molecule has 3 rings (SSSR count). The second kappa shape index (κ2) is 6.07. The van der Waals surface area contributed by atoms with Crippen molar-refractivity contribution in [2.24, 2.45) is 0 Å². The number of aromatic nitrogens is 1. The minimum absolute atomic E-state index is 0.294. The van der Waals surface area contributed by atoms with Crippen LogP contribution in [0.15, 0.2) is 35.1 Å². The number of amides is 2. The molecule has 2 amide bonds. The summed E-state index contributed by atoms with van der Waals surface area (Å²) >= 11 is 0. The zero-order valence-electron chi connectivity index (χ0n) is 13.9. The molecule has 2 aromatic rings. The quantitative estimate of drug-likeness (QED) is 0.504. The molecule has 0 aliphatic carbocycles. The number of hydrogen-bond donors (Lipinski definition) is 3. The second-order valence-electron chi connectivity index (χ2n) is 6.03. The SMILES string of the molecule is Nc1c2c(cc(=O)n1-c1ccc(C(O)(C(F)(F)F)C(F)(F)F)cc1)C(=O)NC2=O. The lowest BCUT2D eigenvalue weighted by Gasteiger charge is -2.32. The van der Waals surface area contributed by atoms with Crippen LogP contribution in [0.2, 0.25) is 0 Å². The number of nitrogen functional groups attached to an aromatic ring is 1. The average molecular weight is 421 g/mol. The largest absolute Gasteiger partial charge is 0.430 e. The zero-order valence-corrected chi connectivity index (χ0v) is 13.9. The Balaban J connectivity index is 2.16. The van der Waals surface area contributed by atoms with Gasteiger partial charge in [-0.3, -0.25) is 24.3 Å².